The fourth-order valence-electron chi connectivity index (χ4n) is 2.77. The van der Waals surface area contributed by atoms with E-state index in [9.17, 15) is 13.2 Å². The third kappa shape index (κ3) is 5.04. The van der Waals surface area contributed by atoms with Crippen LogP contribution < -0.4 is 14.8 Å². The van der Waals surface area contributed by atoms with Crippen molar-refractivity contribution < 1.29 is 22.6 Å². The van der Waals surface area contributed by atoms with Gasteiger partial charge in [0, 0.05) is 11.8 Å². The third-order valence-electron chi connectivity index (χ3n) is 4.31. The van der Waals surface area contributed by atoms with Crippen molar-refractivity contribution in [3.8, 4) is 11.5 Å². The van der Waals surface area contributed by atoms with Gasteiger partial charge < -0.3 is 14.8 Å². The average Bonchev–Trinajstić information content (AvgIpc) is 2.70. The molecule has 0 unspecified atom stereocenters. The summed E-state index contributed by atoms with van der Waals surface area (Å²) >= 11 is 0. The molecule has 0 spiro atoms. The maximum atomic E-state index is 12.7. The Labute approximate surface area is 166 Å². The zero-order valence-electron chi connectivity index (χ0n) is 16.1. The highest BCUT2D eigenvalue weighted by molar-refractivity contribution is 5.92. The molecule has 0 bridgehead atoms. The number of aromatic nitrogens is 3. The second kappa shape index (κ2) is 8.93. The number of rotatable bonds is 8. The number of nitrogens with one attached hydrogen (secondary N) is 1. The number of hydrogen-bond acceptors (Lipinski definition) is 6. The van der Waals surface area contributed by atoms with Crippen LogP contribution in [-0.2, 0) is 6.18 Å². The maximum Gasteiger partial charge on any atom is 0.416 e. The summed E-state index contributed by atoms with van der Waals surface area (Å²) in [6, 6.07) is 8.10. The lowest BCUT2D eigenvalue weighted by Crippen LogP contribution is -2.05. The van der Waals surface area contributed by atoms with E-state index in [1.165, 1.54) is 19.2 Å². The zero-order chi connectivity index (χ0) is 20.9. The molecule has 1 heterocycles. The summed E-state index contributed by atoms with van der Waals surface area (Å²) in [5, 5.41) is 15.3. The highest BCUT2D eigenvalue weighted by atomic mass is 19.4. The Balaban J connectivity index is 1.87. The van der Waals surface area contributed by atoms with Crippen molar-refractivity contribution in [2.24, 2.45) is 0 Å². The average molecular weight is 406 g/mol. The number of anilines is 2. The lowest BCUT2D eigenvalue weighted by Gasteiger charge is -2.13. The van der Waals surface area contributed by atoms with Crippen LogP contribution in [-0.4, -0.2) is 29.1 Å². The van der Waals surface area contributed by atoms with E-state index in [0.29, 0.717) is 40.5 Å². The first kappa shape index (κ1) is 20.6. The quantitative estimate of drug-likeness (QED) is 0.508. The van der Waals surface area contributed by atoms with Crippen molar-refractivity contribution in [3.05, 3.63) is 42.0 Å². The Kier molecular flexibility index (Phi) is 6.36. The first-order valence-corrected chi connectivity index (χ1v) is 9.20. The van der Waals surface area contributed by atoms with Gasteiger partial charge in [-0.3, -0.25) is 0 Å². The van der Waals surface area contributed by atoms with Gasteiger partial charge in [0.05, 0.1) is 24.7 Å². The first-order chi connectivity index (χ1) is 13.9. The first-order valence-electron chi connectivity index (χ1n) is 9.20. The van der Waals surface area contributed by atoms with Crippen LogP contribution in [0.25, 0.3) is 10.9 Å². The number of ether oxygens (including phenoxy) is 2. The van der Waals surface area contributed by atoms with Gasteiger partial charge in [-0.25, -0.2) is 0 Å². The molecular formula is C20H21F3N4O2. The van der Waals surface area contributed by atoms with Crippen LogP contribution >= 0.6 is 0 Å². The van der Waals surface area contributed by atoms with Crippen molar-refractivity contribution >= 4 is 22.4 Å². The van der Waals surface area contributed by atoms with Gasteiger partial charge in [0.25, 0.3) is 0 Å². The van der Waals surface area contributed by atoms with Crippen molar-refractivity contribution in [1.29, 1.82) is 0 Å². The monoisotopic (exact) mass is 406 g/mol. The standard InChI is InChI=1S/C20H21F3N4O2/c1-3-4-5-10-29-18-12-16-15(11-17(18)28-2)19(26-27-25-16)24-14-8-6-13(7-9-14)20(21,22)23/h6-9,11-12H,3-5,10H2,1-2H3,(H,24,25,26). The molecule has 3 rings (SSSR count). The van der Waals surface area contributed by atoms with E-state index in [4.69, 9.17) is 9.47 Å². The molecule has 0 saturated carbocycles. The summed E-state index contributed by atoms with van der Waals surface area (Å²) in [6.45, 7) is 2.68. The highest BCUT2D eigenvalue weighted by Crippen LogP contribution is 2.35. The number of benzene rings is 2. The molecule has 0 fully saturated rings. The largest absolute Gasteiger partial charge is 0.493 e. The van der Waals surface area contributed by atoms with Crippen LogP contribution in [0.3, 0.4) is 0 Å². The van der Waals surface area contributed by atoms with Crippen LogP contribution in [0.1, 0.15) is 31.7 Å². The minimum absolute atomic E-state index is 0.352. The second-order valence-electron chi connectivity index (χ2n) is 6.41. The fraction of sp³-hybridized carbons (Fsp3) is 0.350. The predicted octanol–water partition coefficient (Wildman–Crippen LogP) is 5.36. The van der Waals surface area contributed by atoms with E-state index < -0.39 is 11.7 Å². The smallest absolute Gasteiger partial charge is 0.416 e. The molecule has 1 aromatic heterocycles. The third-order valence-corrected chi connectivity index (χ3v) is 4.31. The Morgan fingerprint density at radius 1 is 1.00 bits per heavy atom. The van der Waals surface area contributed by atoms with Gasteiger partial charge in [-0.1, -0.05) is 19.8 Å². The maximum absolute atomic E-state index is 12.7. The van der Waals surface area contributed by atoms with E-state index in [2.05, 4.69) is 27.7 Å². The molecule has 29 heavy (non-hydrogen) atoms. The predicted molar refractivity (Wildman–Crippen MR) is 104 cm³/mol. The van der Waals surface area contributed by atoms with E-state index in [-0.39, 0.29) is 0 Å². The van der Waals surface area contributed by atoms with Crippen LogP contribution in [0, 0.1) is 0 Å². The molecule has 0 aliphatic carbocycles. The molecule has 0 saturated heterocycles. The number of nitrogens with zero attached hydrogens (tertiary/aromatic N) is 3. The highest BCUT2D eigenvalue weighted by Gasteiger charge is 2.30. The van der Waals surface area contributed by atoms with Gasteiger partial charge in [-0.2, -0.15) is 13.2 Å². The molecule has 3 aromatic rings. The molecule has 154 valence electrons. The molecule has 0 radical (unpaired) electrons. The lowest BCUT2D eigenvalue weighted by molar-refractivity contribution is -0.137. The number of halogens is 3. The van der Waals surface area contributed by atoms with E-state index in [1.807, 2.05) is 0 Å². The Morgan fingerprint density at radius 3 is 2.41 bits per heavy atom. The molecule has 0 aliphatic heterocycles. The number of methoxy groups -OCH3 is 1. The molecular weight excluding hydrogens is 385 g/mol. The van der Waals surface area contributed by atoms with Gasteiger partial charge >= 0.3 is 6.18 Å². The normalized spacial score (nSPS) is 11.5. The minimum atomic E-state index is -4.39. The van der Waals surface area contributed by atoms with Gasteiger partial charge in [0.15, 0.2) is 17.3 Å². The Morgan fingerprint density at radius 2 is 1.76 bits per heavy atom. The summed E-state index contributed by atoms with van der Waals surface area (Å²) in [5.41, 5.74) is 0.250. The van der Waals surface area contributed by atoms with Gasteiger partial charge in [0.1, 0.15) is 5.52 Å². The van der Waals surface area contributed by atoms with E-state index >= 15 is 0 Å². The summed E-state index contributed by atoms with van der Waals surface area (Å²) < 4.78 is 49.4. The van der Waals surface area contributed by atoms with Crippen molar-refractivity contribution in [3.63, 3.8) is 0 Å². The zero-order valence-corrected chi connectivity index (χ0v) is 16.1. The van der Waals surface area contributed by atoms with Crippen LogP contribution in [0.4, 0.5) is 24.7 Å². The number of alkyl halides is 3. The van der Waals surface area contributed by atoms with Gasteiger partial charge in [-0.15, -0.1) is 10.2 Å². The van der Waals surface area contributed by atoms with Crippen molar-refractivity contribution in [2.45, 2.75) is 32.4 Å². The summed E-state index contributed by atoms with van der Waals surface area (Å²) in [6.07, 6.45) is -1.29. The number of fused-ring (bicyclic) bond motifs is 1. The van der Waals surface area contributed by atoms with Crippen LogP contribution in [0.5, 0.6) is 11.5 Å². The molecule has 2 aromatic carbocycles. The topological polar surface area (TPSA) is 69.2 Å². The SMILES string of the molecule is CCCCCOc1cc2nnnc(Nc3ccc(C(F)(F)F)cc3)c2cc1OC. The molecule has 0 atom stereocenters. The van der Waals surface area contributed by atoms with Crippen molar-refractivity contribution in [1.82, 2.24) is 15.4 Å². The number of hydrogen-bond donors (Lipinski definition) is 1. The minimum Gasteiger partial charge on any atom is -0.493 e. The Hall–Kier alpha value is -3.10. The van der Waals surface area contributed by atoms with Gasteiger partial charge in [0.2, 0.25) is 0 Å². The Bertz CT molecular complexity index is 962. The summed E-state index contributed by atoms with van der Waals surface area (Å²) in [4.78, 5) is 0. The molecule has 0 amide bonds. The van der Waals surface area contributed by atoms with Crippen LogP contribution in [0.2, 0.25) is 0 Å². The molecule has 9 heteroatoms. The second-order valence-corrected chi connectivity index (χ2v) is 6.41. The van der Waals surface area contributed by atoms with E-state index in [0.717, 1.165) is 31.4 Å². The lowest BCUT2D eigenvalue weighted by atomic mass is 10.2. The molecule has 1 N–H and O–H groups in total. The number of unbranched alkanes of at least 4 members (excludes halogenated alkanes) is 2. The van der Waals surface area contributed by atoms with Crippen LogP contribution in [0.15, 0.2) is 36.4 Å². The molecule has 6 nitrogen and oxygen atoms in total. The van der Waals surface area contributed by atoms with E-state index in [1.54, 1.807) is 12.1 Å². The summed E-state index contributed by atoms with van der Waals surface area (Å²) in [7, 11) is 1.53. The molecule has 0 aliphatic rings. The van der Waals surface area contributed by atoms with Crippen molar-refractivity contribution in [2.75, 3.05) is 19.0 Å². The summed E-state index contributed by atoms with van der Waals surface area (Å²) in [5.74, 6) is 1.42. The fourth-order valence-corrected chi connectivity index (χ4v) is 2.77. The van der Waals surface area contributed by atoms with Gasteiger partial charge in [-0.05, 0) is 42.0 Å².